The predicted octanol–water partition coefficient (Wildman–Crippen LogP) is 3.25. The van der Waals surface area contributed by atoms with Crippen LogP contribution in [0.15, 0.2) is 41.8 Å². The minimum Gasteiger partial charge on any atom is -0.370 e. The van der Waals surface area contributed by atoms with E-state index >= 15 is 0 Å². The third kappa shape index (κ3) is 3.56. The molecule has 9 nitrogen and oxygen atoms in total. The molecule has 33 heavy (non-hydrogen) atoms. The van der Waals surface area contributed by atoms with Crippen molar-refractivity contribution in [3.8, 4) is 0 Å². The van der Waals surface area contributed by atoms with Crippen molar-refractivity contribution in [3.05, 3.63) is 52.7 Å². The predicted molar refractivity (Wildman–Crippen MR) is 126 cm³/mol. The number of amides is 1. The summed E-state index contributed by atoms with van der Waals surface area (Å²) in [5.41, 5.74) is 2.84. The lowest BCUT2D eigenvalue weighted by Crippen LogP contribution is -2.31. The number of ether oxygens (including phenoxy) is 1. The number of benzene rings is 1. The molecule has 0 saturated carbocycles. The van der Waals surface area contributed by atoms with Crippen molar-refractivity contribution in [1.29, 1.82) is 0 Å². The van der Waals surface area contributed by atoms with Gasteiger partial charge in [-0.2, -0.15) is 9.61 Å². The van der Waals surface area contributed by atoms with Crippen LogP contribution in [0.1, 0.15) is 29.9 Å². The molecule has 0 bridgehead atoms. The number of rotatable bonds is 5. The van der Waals surface area contributed by atoms with E-state index in [0.29, 0.717) is 24.1 Å². The second-order valence-corrected chi connectivity index (χ2v) is 10.6. The fourth-order valence-electron chi connectivity index (χ4n) is 4.13. The molecule has 0 atom stereocenters. The van der Waals surface area contributed by atoms with Crippen LogP contribution in [0, 0.1) is 0 Å². The molecule has 1 aliphatic heterocycles. The Hall–Kier alpha value is -3.02. The third-order valence-electron chi connectivity index (χ3n) is 5.71. The Morgan fingerprint density at radius 1 is 1.27 bits per heavy atom. The van der Waals surface area contributed by atoms with E-state index in [1.807, 2.05) is 34.7 Å². The van der Waals surface area contributed by atoms with Crippen molar-refractivity contribution < 1.29 is 9.53 Å². The van der Waals surface area contributed by atoms with Gasteiger partial charge in [-0.25, -0.2) is 9.38 Å². The highest BCUT2D eigenvalue weighted by Crippen LogP contribution is 2.41. The smallest absolute Gasteiger partial charge is 0.260 e. The number of nitrogens with zero attached hydrogens (tertiary/aromatic N) is 6. The molecule has 0 spiro atoms. The van der Waals surface area contributed by atoms with Crippen LogP contribution in [0.25, 0.3) is 21.6 Å². The van der Waals surface area contributed by atoms with E-state index in [0.717, 1.165) is 27.8 Å². The van der Waals surface area contributed by atoms with Crippen molar-refractivity contribution in [3.63, 3.8) is 0 Å². The SMILES string of the molecule is CC1(C)Cc2c(sc3c2c2ncnn2c2nnc(SCC(=O)NCc4ccccc4)n32)CO1. The number of hydrogen-bond donors (Lipinski definition) is 1. The molecule has 0 fully saturated rings. The zero-order valence-electron chi connectivity index (χ0n) is 18.1. The van der Waals surface area contributed by atoms with Crippen molar-refractivity contribution in [2.24, 2.45) is 0 Å². The molecule has 11 heteroatoms. The van der Waals surface area contributed by atoms with Crippen LogP contribution >= 0.6 is 23.1 Å². The first-order valence-electron chi connectivity index (χ1n) is 10.6. The molecule has 0 unspecified atom stereocenters. The maximum absolute atomic E-state index is 12.5. The summed E-state index contributed by atoms with van der Waals surface area (Å²) >= 11 is 3.03. The van der Waals surface area contributed by atoms with E-state index in [1.54, 1.807) is 22.2 Å². The Morgan fingerprint density at radius 3 is 2.97 bits per heavy atom. The molecule has 1 aliphatic rings. The minimum atomic E-state index is -0.241. The number of nitrogens with one attached hydrogen (secondary N) is 1. The van der Waals surface area contributed by atoms with Crippen LogP contribution < -0.4 is 5.32 Å². The Bertz CT molecular complexity index is 1500. The summed E-state index contributed by atoms with van der Waals surface area (Å²) in [4.78, 5) is 19.2. The Kier molecular flexibility index (Phi) is 4.86. The normalized spacial score (nSPS) is 15.3. The van der Waals surface area contributed by atoms with E-state index < -0.39 is 0 Å². The van der Waals surface area contributed by atoms with Crippen LogP contribution in [0.4, 0.5) is 0 Å². The van der Waals surface area contributed by atoms with Gasteiger partial charge in [-0.15, -0.1) is 21.5 Å². The Labute approximate surface area is 197 Å². The largest absolute Gasteiger partial charge is 0.370 e. The van der Waals surface area contributed by atoms with Crippen LogP contribution in [0.3, 0.4) is 0 Å². The van der Waals surface area contributed by atoms with Crippen molar-refractivity contribution in [2.75, 3.05) is 5.75 Å². The monoisotopic (exact) mass is 479 g/mol. The minimum absolute atomic E-state index is 0.0562. The fraction of sp³-hybridized carbons (Fsp3) is 0.318. The lowest BCUT2D eigenvalue weighted by Gasteiger charge is -2.30. The summed E-state index contributed by atoms with van der Waals surface area (Å²) in [5, 5.41) is 17.8. The molecule has 0 aliphatic carbocycles. The topological polar surface area (TPSA) is 98.7 Å². The number of carbonyl (C=O) groups is 1. The van der Waals surface area contributed by atoms with Gasteiger partial charge in [0.15, 0.2) is 10.8 Å². The van der Waals surface area contributed by atoms with Gasteiger partial charge in [-0.05, 0) is 25.0 Å². The van der Waals surface area contributed by atoms with Crippen molar-refractivity contribution >= 4 is 50.6 Å². The molecular formula is C22H21N7O2S2. The first-order chi connectivity index (χ1) is 16.0. The maximum Gasteiger partial charge on any atom is 0.260 e. The quantitative estimate of drug-likeness (QED) is 0.386. The molecule has 5 aromatic rings. The van der Waals surface area contributed by atoms with Gasteiger partial charge in [0.2, 0.25) is 5.91 Å². The molecule has 6 rings (SSSR count). The highest BCUT2D eigenvalue weighted by molar-refractivity contribution is 7.99. The molecule has 1 N–H and O–H groups in total. The third-order valence-corrected chi connectivity index (χ3v) is 7.83. The number of thiophene rings is 1. The zero-order chi connectivity index (χ0) is 22.6. The molecule has 1 amide bonds. The summed E-state index contributed by atoms with van der Waals surface area (Å²) in [6.07, 6.45) is 2.34. The molecule has 4 aromatic heterocycles. The van der Waals surface area contributed by atoms with Gasteiger partial charge >= 0.3 is 0 Å². The average Bonchev–Trinajstić information content (AvgIpc) is 3.52. The first-order valence-corrected chi connectivity index (χ1v) is 12.4. The van der Waals surface area contributed by atoms with Gasteiger partial charge in [0, 0.05) is 17.8 Å². The standard InChI is InChI=1S/C22H21N7O2S2/c1-22(2)8-14-15(10-31-22)33-19-17(14)18-24-12-25-29(18)20-26-27-21(28(19)20)32-11-16(30)23-9-13-6-4-3-5-7-13/h3-7,12H,8-11H2,1-2H3,(H,23,30). The van der Waals surface area contributed by atoms with Gasteiger partial charge in [0.25, 0.3) is 5.78 Å². The van der Waals surface area contributed by atoms with E-state index in [-0.39, 0.29) is 17.3 Å². The van der Waals surface area contributed by atoms with Gasteiger partial charge < -0.3 is 10.1 Å². The molecule has 1 aromatic carbocycles. The van der Waals surface area contributed by atoms with Crippen molar-refractivity contribution in [1.82, 2.24) is 34.5 Å². The number of hydrogen-bond acceptors (Lipinski definition) is 8. The Balaban J connectivity index is 1.36. The average molecular weight is 480 g/mol. The highest BCUT2D eigenvalue weighted by Gasteiger charge is 2.32. The lowest BCUT2D eigenvalue weighted by atomic mass is 9.94. The van der Waals surface area contributed by atoms with Crippen LogP contribution in [-0.2, 0) is 29.1 Å². The number of carbonyl (C=O) groups excluding carboxylic acids is 1. The lowest BCUT2D eigenvalue weighted by molar-refractivity contribution is -0.118. The number of aromatic nitrogens is 6. The first kappa shape index (κ1) is 20.6. The molecule has 0 saturated heterocycles. The van der Waals surface area contributed by atoms with Crippen LogP contribution in [-0.4, -0.2) is 46.5 Å². The summed E-state index contributed by atoms with van der Waals surface area (Å²) in [7, 11) is 0. The fourth-order valence-corrected chi connectivity index (χ4v) is 6.18. The number of thioether (sulfide) groups is 1. The molecule has 168 valence electrons. The summed E-state index contributed by atoms with van der Waals surface area (Å²) < 4.78 is 9.76. The highest BCUT2D eigenvalue weighted by atomic mass is 32.2. The van der Waals surface area contributed by atoms with Gasteiger partial charge in [0.1, 0.15) is 11.2 Å². The summed E-state index contributed by atoms with van der Waals surface area (Å²) in [5.74, 6) is 0.770. The van der Waals surface area contributed by atoms with E-state index in [2.05, 4.69) is 39.4 Å². The van der Waals surface area contributed by atoms with Gasteiger partial charge in [0.05, 0.1) is 23.3 Å². The number of fused-ring (bicyclic) bond motifs is 8. The molecule has 0 radical (unpaired) electrons. The van der Waals surface area contributed by atoms with E-state index in [4.69, 9.17) is 4.74 Å². The van der Waals surface area contributed by atoms with E-state index in [9.17, 15) is 4.79 Å². The van der Waals surface area contributed by atoms with Crippen LogP contribution in [0.5, 0.6) is 0 Å². The van der Waals surface area contributed by atoms with Crippen LogP contribution in [0.2, 0.25) is 0 Å². The van der Waals surface area contributed by atoms with Gasteiger partial charge in [-0.3, -0.25) is 4.79 Å². The Morgan fingerprint density at radius 2 is 2.12 bits per heavy atom. The molecule has 5 heterocycles. The van der Waals surface area contributed by atoms with Gasteiger partial charge in [-0.1, -0.05) is 42.1 Å². The van der Waals surface area contributed by atoms with Crippen molar-refractivity contribution in [2.45, 2.75) is 44.2 Å². The summed E-state index contributed by atoms with van der Waals surface area (Å²) in [6.45, 7) is 5.27. The van der Waals surface area contributed by atoms with E-state index in [1.165, 1.54) is 22.2 Å². The maximum atomic E-state index is 12.5. The molecular weight excluding hydrogens is 458 g/mol. The second-order valence-electron chi connectivity index (χ2n) is 8.57. The zero-order valence-corrected chi connectivity index (χ0v) is 19.7. The summed E-state index contributed by atoms with van der Waals surface area (Å²) in [6, 6.07) is 9.86. The second kappa shape index (κ2) is 7.79.